The van der Waals surface area contributed by atoms with Gasteiger partial charge in [-0.1, -0.05) is 39.0 Å². The van der Waals surface area contributed by atoms with Crippen molar-refractivity contribution in [3.8, 4) is 0 Å². The van der Waals surface area contributed by atoms with Crippen molar-refractivity contribution in [3.63, 3.8) is 0 Å². The summed E-state index contributed by atoms with van der Waals surface area (Å²) in [5.41, 5.74) is 4.11. The van der Waals surface area contributed by atoms with E-state index in [2.05, 4.69) is 45.9 Å². The first kappa shape index (κ1) is 12.3. The third-order valence-electron chi connectivity index (χ3n) is 2.91. The molecule has 0 radical (unpaired) electrons. The molecule has 1 atom stereocenters. The average molecular weight is 206 g/mol. The summed E-state index contributed by atoms with van der Waals surface area (Å²) in [5, 5.41) is 9.03. The smallest absolute Gasteiger partial charge is 0.0459 e. The predicted octanol–water partition coefficient (Wildman–Crippen LogP) is 3.29. The Morgan fingerprint density at radius 2 is 1.87 bits per heavy atom. The first-order chi connectivity index (χ1) is 7.04. The summed E-state index contributed by atoms with van der Waals surface area (Å²) in [4.78, 5) is 0. The highest BCUT2D eigenvalue weighted by atomic mass is 16.3. The third-order valence-corrected chi connectivity index (χ3v) is 2.91. The van der Waals surface area contributed by atoms with Crippen molar-refractivity contribution >= 4 is 0 Å². The van der Waals surface area contributed by atoms with E-state index < -0.39 is 0 Å². The summed E-state index contributed by atoms with van der Waals surface area (Å²) < 4.78 is 0. The molecule has 1 N–H and O–H groups in total. The number of aryl methyl sites for hydroxylation is 1. The van der Waals surface area contributed by atoms with Crippen molar-refractivity contribution in [3.05, 3.63) is 34.9 Å². The Bertz CT molecular complexity index is 315. The lowest BCUT2D eigenvalue weighted by molar-refractivity contribution is 0.237. The highest BCUT2D eigenvalue weighted by Gasteiger charge is 2.06. The lowest BCUT2D eigenvalue weighted by Crippen LogP contribution is -2.06. The fourth-order valence-electron chi connectivity index (χ4n) is 1.75. The summed E-state index contributed by atoms with van der Waals surface area (Å²) in [6, 6.07) is 6.68. The zero-order valence-corrected chi connectivity index (χ0v) is 10.2. The van der Waals surface area contributed by atoms with Crippen LogP contribution in [0.5, 0.6) is 0 Å². The van der Waals surface area contributed by atoms with Crippen LogP contribution in [0.2, 0.25) is 0 Å². The maximum atomic E-state index is 9.03. The van der Waals surface area contributed by atoms with Gasteiger partial charge in [-0.2, -0.15) is 0 Å². The first-order valence-corrected chi connectivity index (χ1v) is 5.75. The molecule has 1 rings (SSSR count). The van der Waals surface area contributed by atoms with Gasteiger partial charge in [-0.15, -0.1) is 0 Å². The van der Waals surface area contributed by atoms with Crippen molar-refractivity contribution in [1.29, 1.82) is 0 Å². The van der Waals surface area contributed by atoms with Crippen LogP contribution < -0.4 is 0 Å². The molecule has 1 nitrogen and oxygen atoms in total. The van der Waals surface area contributed by atoms with Crippen molar-refractivity contribution in [2.45, 2.75) is 40.0 Å². The number of aliphatic hydroxyl groups excluding tert-OH is 1. The molecule has 0 bridgehead atoms. The van der Waals surface area contributed by atoms with Crippen LogP contribution in [-0.2, 0) is 6.42 Å². The Balaban J connectivity index is 2.83. The molecule has 0 amide bonds. The number of hydrogen-bond donors (Lipinski definition) is 1. The van der Waals surface area contributed by atoms with Gasteiger partial charge in [0.1, 0.15) is 0 Å². The minimum absolute atomic E-state index is 0.269. The first-order valence-electron chi connectivity index (χ1n) is 5.75. The molecule has 0 fully saturated rings. The van der Waals surface area contributed by atoms with Crippen molar-refractivity contribution in [2.75, 3.05) is 6.61 Å². The SMILES string of the molecule is Cc1cc(C(C)C)ccc1CC(C)CO. The number of hydrogen-bond acceptors (Lipinski definition) is 1. The fourth-order valence-corrected chi connectivity index (χ4v) is 1.75. The van der Waals surface area contributed by atoms with Crippen molar-refractivity contribution in [1.82, 2.24) is 0 Å². The average Bonchev–Trinajstić information content (AvgIpc) is 2.20. The second-order valence-corrected chi connectivity index (χ2v) is 4.83. The molecular formula is C14H22O. The van der Waals surface area contributed by atoms with Gasteiger partial charge >= 0.3 is 0 Å². The molecule has 1 aromatic rings. The summed E-state index contributed by atoms with van der Waals surface area (Å²) in [7, 11) is 0. The van der Waals surface area contributed by atoms with E-state index >= 15 is 0 Å². The molecule has 1 heteroatoms. The van der Waals surface area contributed by atoms with E-state index in [1.54, 1.807) is 0 Å². The standard InChI is InChI=1S/C14H22O/c1-10(2)13-5-6-14(12(4)8-13)7-11(3)9-15/h5-6,8,10-11,15H,7,9H2,1-4H3. The van der Waals surface area contributed by atoms with E-state index in [0.29, 0.717) is 11.8 Å². The molecule has 0 aromatic heterocycles. The Morgan fingerprint density at radius 1 is 1.20 bits per heavy atom. The molecule has 84 valence electrons. The summed E-state index contributed by atoms with van der Waals surface area (Å²) in [6.45, 7) is 8.93. The lowest BCUT2D eigenvalue weighted by atomic mass is 9.93. The van der Waals surface area contributed by atoms with E-state index in [-0.39, 0.29) is 6.61 Å². The van der Waals surface area contributed by atoms with Crippen LogP contribution >= 0.6 is 0 Å². The van der Waals surface area contributed by atoms with Crippen molar-refractivity contribution < 1.29 is 5.11 Å². The monoisotopic (exact) mass is 206 g/mol. The van der Waals surface area contributed by atoms with Crippen LogP contribution in [0.3, 0.4) is 0 Å². The fraction of sp³-hybridized carbons (Fsp3) is 0.571. The van der Waals surface area contributed by atoms with E-state index in [1.807, 2.05) is 0 Å². The number of benzene rings is 1. The van der Waals surface area contributed by atoms with Crippen LogP contribution in [-0.4, -0.2) is 11.7 Å². The van der Waals surface area contributed by atoms with Crippen LogP contribution in [0.15, 0.2) is 18.2 Å². The van der Waals surface area contributed by atoms with E-state index in [1.165, 1.54) is 16.7 Å². The Morgan fingerprint density at radius 3 is 2.33 bits per heavy atom. The summed E-state index contributed by atoms with van der Waals surface area (Å²) >= 11 is 0. The van der Waals surface area contributed by atoms with Gasteiger partial charge in [0, 0.05) is 6.61 Å². The zero-order valence-electron chi connectivity index (χ0n) is 10.2. The highest BCUT2D eigenvalue weighted by Crippen LogP contribution is 2.20. The van der Waals surface area contributed by atoms with Gasteiger partial charge in [-0.3, -0.25) is 0 Å². The van der Waals surface area contributed by atoms with Gasteiger partial charge in [-0.05, 0) is 41.9 Å². The predicted molar refractivity (Wildman–Crippen MR) is 65.2 cm³/mol. The van der Waals surface area contributed by atoms with Crippen LogP contribution in [0.1, 0.15) is 43.4 Å². The minimum Gasteiger partial charge on any atom is -0.396 e. The van der Waals surface area contributed by atoms with Crippen LogP contribution in [0.4, 0.5) is 0 Å². The van der Waals surface area contributed by atoms with E-state index in [0.717, 1.165) is 6.42 Å². The maximum Gasteiger partial charge on any atom is 0.0459 e. The molecule has 0 heterocycles. The third kappa shape index (κ3) is 3.35. The Hall–Kier alpha value is -0.820. The Kier molecular flexibility index (Phi) is 4.34. The second kappa shape index (κ2) is 5.32. The Labute approximate surface area is 93.1 Å². The molecule has 0 aliphatic rings. The highest BCUT2D eigenvalue weighted by molar-refractivity contribution is 5.32. The zero-order chi connectivity index (χ0) is 11.4. The molecule has 1 unspecified atom stereocenters. The van der Waals surface area contributed by atoms with Gasteiger partial charge in [0.05, 0.1) is 0 Å². The van der Waals surface area contributed by atoms with E-state index in [4.69, 9.17) is 5.11 Å². The number of aliphatic hydroxyl groups is 1. The topological polar surface area (TPSA) is 20.2 Å². The van der Waals surface area contributed by atoms with Crippen LogP contribution in [0.25, 0.3) is 0 Å². The maximum absolute atomic E-state index is 9.03. The van der Waals surface area contributed by atoms with Gasteiger partial charge < -0.3 is 5.11 Å². The quantitative estimate of drug-likeness (QED) is 0.801. The summed E-state index contributed by atoms with van der Waals surface area (Å²) in [5.74, 6) is 0.946. The lowest BCUT2D eigenvalue weighted by Gasteiger charge is -2.13. The molecule has 0 aliphatic heterocycles. The largest absolute Gasteiger partial charge is 0.396 e. The van der Waals surface area contributed by atoms with Gasteiger partial charge in [-0.25, -0.2) is 0 Å². The van der Waals surface area contributed by atoms with Gasteiger partial charge in [0.2, 0.25) is 0 Å². The molecule has 15 heavy (non-hydrogen) atoms. The molecule has 0 aliphatic carbocycles. The summed E-state index contributed by atoms with van der Waals surface area (Å²) in [6.07, 6.45) is 0.973. The number of rotatable bonds is 4. The van der Waals surface area contributed by atoms with E-state index in [9.17, 15) is 0 Å². The molecule has 0 saturated heterocycles. The second-order valence-electron chi connectivity index (χ2n) is 4.83. The van der Waals surface area contributed by atoms with Crippen molar-refractivity contribution in [2.24, 2.45) is 5.92 Å². The molecule has 1 aromatic carbocycles. The van der Waals surface area contributed by atoms with Gasteiger partial charge in [0.15, 0.2) is 0 Å². The molecule has 0 spiro atoms. The van der Waals surface area contributed by atoms with Gasteiger partial charge in [0.25, 0.3) is 0 Å². The van der Waals surface area contributed by atoms with Crippen LogP contribution in [0, 0.1) is 12.8 Å². The minimum atomic E-state index is 0.269. The molecule has 0 saturated carbocycles. The molecular weight excluding hydrogens is 184 g/mol. The normalized spacial score (nSPS) is 13.2.